The van der Waals surface area contributed by atoms with Gasteiger partial charge in [0.05, 0.1) is 0 Å². The van der Waals surface area contributed by atoms with Crippen molar-refractivity contribution in [1.29, 1.82) is 0 Å². The van der Waals surface area contributed by atoms with E-state index in [4.69, 9.17) is 4.74 Å². The Labute approximate surface area is 85.4 Å². The van der Waals surface area contributed by atoms with Crippen molar-refractivity contribution < 1.29 is 9.53 Å². The molecule has 3 nitrogen and oxygen atoms in total. The summed E-state index contributed by atoms with van der Waals surface area (Å²) in [4.78, 5) is 13.5. The van der Waals surface area contributed by atoms with Crippen LogP contribution in [0.1, 0.15) is 32.1 Å². The molecule has 0 atom stereocenters. The number of amides is 1. The summed E-state index contributed by atoms with van der Waals surface area (Å²) < 4.78 is 4.86. The summed E-state index contributed by atoms with van der Waals surface area (Å²) >= 11 is 0. The lowest BCUT2D eigenvalue weighted by molar-refractivity contribution is -0.138. The van der Waals surface area contributed by atoms with Crippen LogP contribution in [0.4, 0.5) is 0 Å². The van der Waals surface area contributed by atoms with E-state index < -0.39 is 0 Å². The molecule has 0 bridgehead atoms. The normalized spacial score (nSPS) is 24.8. The van der Waals surface area contributed by atoms with E-state index in [9.17, 15) is 4.79 Å². The summed E-state index contributed by atoms with van der Waals surface area (Å²) in [6.07, 6.45) is 6.59. The number of nitrogens with zero attached hydrogens (tertiary/aromatic N) is 1. The van der Waals surface area contributed by atoms with Crippen LogP contribution in [0.15, 0.2) is 0 Å². The SMILES string of the molecule is COCC(=O)N1CCC2(CCC2)CC1. The van der Waals surface area contributed by atoms with Gasteiger partial charge < -0.3 is 9.64 Å². The number of piperidine rings is 1. The van der Waals surface area contributed by atoms with Crippen LogP contribution in [0.2, 0.25) is 0 Å². The summed E-state index contributed by atoms with van der Waals surface area (Å²) in [6, 6.07) is 0. The van der Waals surface area contributed by atoms with Crippen molar-refractivity contribution in [2.45, 2.75) is 32.1 Å². The van der Waals surface area contributed by atoms with Gasteiger partial charge in [-0.15, -0.1) is 0 Å². The molecule has 0 unspecified atom stereocenters. The lowest BCUT2D eigenvalue weighted by atomic mass is 9.63. The number of hydrogen-bond acceptors (Lipinski definition) is 2. The maximum atomic E-state index is 11.5. The molecule has 2 rings (SSSR count). The Morgan fingerprint density at radius 3 is 2.36 bits per heavy atom. The van der Waals surface area contributed by atoms with Gasteiger partial charge in [0.15, 0.2) is 0 Å². The van der Waals surface area contributed by atoms with E-state index >= 15 is 0 Å². The van der Waals surface area contributed by atoms with Crippen molar-refractivity contribution >= 4 is 5.91 Å². The van der Waals surface area contributed by atoms with Gasteiger partial charge in [0.2, 0.25) is 5.91 Å². The van der Waals surface area contributed by atoms with Crippen molar-refractivity contribution in [2.75, 3.05) is 26.8 Å². The Morgan fingerprint density at radius 2 is 1.93 bits per heavy atom. The van der Waals surface area contributed by atoms with Crippen molar-refractivity contribution in [2.24, 2.45) is 5.41 Å². The fraction of sp³-hybridized carbons (Fsp3) is 0.909. The van der Waals surface area contributed by atoms with E-state index in [1.807, 2.05) is 4.90 Å². The summed E-state index contributed by atoms with van der Waals surface area (Å²) in [7, 11) is 1.58. The standard InChI is InChI=1S/C11H19NO2/c1-14-9-10(13)12-7-5-11(6-8-12)3-2-4-11/h2-9H2,1H3. The monoisotopic (exact) mass is 197 g/mol. The molecule has 0 radical (unpaired) electrons. The second kappa shape index (κ2) is 3.89. The molecular weight excluding hydrogens is 178 g/mol. The van der Waals surface area contributed by atoms with Gasteiger partial charge in [-0.05, 0) is 31.1 Å². The fourth-order valence-electron chi connectivity index (χ4n) is 2.62. The summed E-state index contributed by atoms with van der Waals surface area (Å²) in [6.45, 7) is 2.14. The molecule has 1 heterocycles. The van der Waals surface area contributed by atoms with Gasteiger partial charge in [-0.25, -0.2) is 0 Å². The summed E-state index contributed by atoms with van der Waals surface area (Å²) in [5.41, 5.74) is 0.629. The maximum absolute atomic E-state index is 11.5. The molecule has 1 amide bonds. The molecule has 0 aromatic rings. The third-order valence-electron chi connectivity index (χ3n) is 3.86. The van der Waals surface area contributed by atoms with Crippen LogP contribution in [-0.2, 0) is 9.53 Å². The molecule has 1 saturated heterocycles. The van der Waals surface area contributed by atoms with Crippen molar-refractivity contribution in [1.82, 2.24) is 4.90 Å². The fourth-order valence-corrected chi connectivity index (χ4v) is 2.62. The van der Waals surface area contributed by atoms with Gasteiger partial charge in [-0.1, -0.05) is 6.42 Å². The van der Waals surface area contributed by atoms with Crippen LogP contribution < -0.4 is 0 Å². The van der Waals surface area contributed by atoms with Crippen molar-refractivity contribution in [3.63, 3.8) is 0 Å². The Kier molecular flexibility index (Phi) is 2.77. The van der Waals surface area contributed by atoms with Crippen LogP contribution in [0.3, 0.4) is 0 Å². The van der Waals surface area contributed by atoms with Gasteiger partial charge in [0, 0.05) is 20.2 Å². The van der Waals surface area contributed by atoms with Gasteiger partial charge in [0.1, 0.15) is 6.61 Å². The zero-order valence-corrected chi connectivity index (χ0v) is 8.92. The third-order valence-corrected chi connectivity index (χ3v) is 3.86. The average Bonchev–Trinajstić information content (AvgIpc) is 2.16. The molecule has 0 aromatic heterocycles. The smallest absolute Gasteiger partial charge is 0.248 e. The van der Waals surface area contributed by atoms with Crippen LogP contribution in [-0.4, -0.2) is 37.6 Å². The molecule has 1 aliphatic carbocycles. The molecule has 14 heavy (non-hydrogen) atoms. The number of carbonyl (C=O) groups is 1. The van der Waals surface area contributed by atoms with E-state index in [-0.39, 0.29) is 12.5 Å². The lowest BCUT2D eigenvalue weighted by Crippen LogP contribution is -2.46. The predicted octanol–water partition coefficient (Wildman–Crippen LogP) is 1.43. The minimum absolute atomic E-state index is 0.154. The molecule has 0 aromatic carbocycles. The Bertz CT molecular complexity index is 213. The number of ether oxygens (including phenoxy) is 1. The molecule has 1 aliphatic heterocycles. The van der Waals surface area contributed by atoms with Crippen LogP contribution >= 0.6 is 0 Å². The van der Waals surface area contributed by atoms with E-state index in [1.165, 1.54) is 32.1 Å². The highest BCUT2D eigenvalue weighted by atomic mass is 16.5. The summed E-state index contributed by atoms with van der Waals surface area (Å²) in [5, 5.41) is 0. The zero-order chi connectivity index (χ0) is 10.0. The first-order valence-electron chi connectivity index (χ1n) is 5.52. The minimum Gasteiger partial charge on any atom is -0.375 e. The van der Waals surface area contributed by atoms with E-state index in [0.717, 1.165) is 13.1 Å². The molecule has 0 N–H and O–H groups in total. The molecule has 3 heteroatoms. The van der Waals surface area contributed by atoms with Crippen LogP contribution in [0, 0.1) is 5.41 Å². The van der Waals surface area contributed by atoms with E-state index in [1.54, 1.807) is 7.11 Å². The maximum Gasteiger partial charge on any atom is 0.248 e. The topological polar surface area (TPSA) is 29.5 Å². The highest BCUT2D eigenvalue weighted by Crippen LogP contribution is 2.48. The van der Waals surface area contributed by atoms with Gasteiger partial charge in [-0.2, -0.15) is 0 Å². The Hall–Kier alpha value is -0.570. The third kappa shape index (κ3) is 1.78. The average molecular weight is 197 g/mol. The number of likely N-dealkylation sites (tertiary alicyclic amines) is 1. The number of carbonyl (C=O) groups excluding carboxylic acids is 1. The molecule has 1 spiro atoms. The van der Waals surface area contributed by atoms with Gasteiger partial charge >= 0.3 is 0 Å². The first-order chi connectivity index (χ1) is 6.76. The van der Waals surface area contributed by atoms with Crippen molar-refractivity contribution in [3.05, 3.63) is 0 Å². The van der Waals surface area contributed by atoms with Crippen LogP contribution in [0.5, 0.6) is 0 Å². The molecule has 2 fully saturated rings. The van der Waals surface area contributed by atoms with E-state index in [0.29, 0.717) is 5.41 Å². The molecule has 1 saturated carbocycles. The van der Waals surface area contributed by atoms with Gasteiger partial charge in [0.25, 0.3) is 0 Å². The van der Waals surface area contributed by atoms with E-state index in [2.05, 4.69) is 0 Å². The van der Waals surface area contributed by atoms with Crippen molar-refractivity contribution in [3.8, 4) is 0 Å². The highest BCUT2D eigenvalue weighted by Gasteiger charge is 2.40. The minimum atomic E-state index is 0.154. The lowest BCUT2D eigenvalue weighted by Gasteiger charge is -2.47. The van der Waals surface area contributed by atoms with Crippen LogP contribution in [0.25, 0.3) is 0 Å². The molecule has 2 aliphatic rings. The Morgan fingerprint density at radius 1 is 1.29 bits per heavy atom. The first kappa shape index (κ1) is 9.97. The second-order valence-corrected chi connectivity index (χ2v) is 4.67. The molecule has 80 valence electrons. The number of hydrogen-bond donors (Lipinski definition) is 0. The highest BCUT2D eigenvalue weighted by molar-refractivity contribution is 5.77. The quantitative estimate of drug-likeness (QED) is 0.670. The second-order valence-electron chi connectivity index (χ2n) is 4.67. The summed E-state index contributed by atoms with van der Waals surface area (Å²) in [5.74, 6) is 0.154. The number of rotatable bonds is 2. The van der Waals surface area contributed by atoms with Gasteiger partial charge in [-0.3, -0.25) is 4.79 Å². The number of methoxy groups -OCH3 is 1. The zero-order valence-electron chi connectivity index (χ0n) is 8.92. The Balaban J connectivity index is 1.80. The first-order valence-corrected chi connectivity index (χ1v) is 5.52. The largest absolute Gasteiger partial charge is 0.375 e. The predicted molar refractivity (Wildman–Crippen MR) is 54.0 cm³/mol. The molecular formula is C11H19NO2.